The van der Waals surface area contributed by atoms with Gasteiger partial charge in [0.2, 0.25) is 0 Å². The topological polar surface area (TPSA) is 73.3 Å². The second-order valence-corrected chi connectivity index (χ2v) is 3.57. The molecule has 0 bridgehead atoms. The van der Waals surface area contributed by atoms with Crippen molar-refractivity contribution in [2.45, 2.75) is 6.42 Å². The van der Waals surface area contributed by atoms with E-state index in [1.165, 1.54) is 0 Å². The lowest BCUT2D eigenvalue weighted by atomic mass is 10.1. The Morgan fingerprint density at radius 3 is 2.69 bits per heavy atom. The summed E-state index contributed by atoms with van der Waals surface area (Å²) in [5.74, 6) is -0.756. The highest BCUT2D eigenvalue weighted by molar-refractivity contribution is 5.85. The number of hydrogen-bond donors (Lipinski definition) is 3. The van der Waals surface area contributed by atoms with Gasteiger partial charge in [0.1, 0.15) is 11.4 Å². The van der Waals surface area contributed by atoms with Gasteiger partial charge in [0, 0.05) is 6.20 Å². The van der Waals surface area contributed by atoms with Crippen molar-refractivity contribution in [3.63, 3.8) is 0 Å². The van der Waals surface area contributed by atoms with E-state index in [-0.39, 0.29) is 11.4 Å². The van der Waals surface area contributed by atoms with E-state index in [1.807, 2.05) is 6.07 Å². The third-order valence-electron chi connectivity index (χ3n) is 2.29. The molecule has 0 aliphatic carbocycles. The number of benzene rings is 1. The summed E-state index contributed by atoms with van der Waals surface area (Å²) < 4.78 is 0. The number of phenols is 1. The number of carbonyl (C=O) groups is 1. The summed E-state index contributed by atoms with van der Waals surface area (Å²) in [5.41, 5.74) is 1.99. The lowest BCUT2D eigenvalue weighted by Gasteiger charge is -1.99. The zero-order valence-electron chi connectivity index (χ0n) is 8.47. The molecule has 1 aromatic carbocycles. The first kappa shape index (κ1) is 10.3. The van der Waals surface area contributed by atoms with Crippen LogP contribution in [0, 0.1) is 0 Å². The Kier molecular flexibility index (Phi) is 2.64. The molecule has 4 nitrogen and oxygen atoms in total. The van der Waals surface area contributed by atoms with Gasteiger partial charge in [-0.25, -0.2) is 4.79 Å². The molecule has 1 heterocycles. The molecular weight excluding hydrogens is 206 g/mol. The summed E-state index contributed by atoms with van der Waals surface area (Å²) in [4.78, 5) is 13.3. The number of nitrogens with one attached hydrogen (secondary N) is 1. The summed E-state index contributed by atoms with van der Waals surface area (Å²) in [5, 5.41) is 18.0. The summed E-state index contributed by atoms with van der Waals surface area (Å²) in [6, 6.07) is 8.49. The molecule has 0 atom stereocenters. The molecule has 0 saturated carbocycles. The second kappa shape index (κ2) is 4.10. The van der Waals surface area contributed by atoms with Crippen molar-refractivity contribution in [2.24, 2.45) is 0 Å². The number of carboxylic acids is 1. The number of rotatable bonds is 3. The zero-order valence-corrected chi connectivity index (χ0v) is 8.47. The van der Waals surface area contributed by atoms with E-state index in [0.29, 0.717) is 6.42 Å². The van der Waals surface area contributed by atoms with E-state index in [1.54, 1.807) is 30.5 Å². The smallest absolute Gasteiger partial charge is 0.352 e. The Balaban J connectivity index is 2.17. The number of aromatic nitrogens is 1. The first-order valence-corrected chi connectivity index (χ1v) is 4.83. The lowest BCUT2D eigenvalue weighted by molar-refractivity contribution is 0.0691. The van der Waals surface area contributed by atoms with E-state index in [0.717, 1.165) is 11.1 Å². The van der Waals surface area contributed by atoms with Gasteiger partial charge in [0.25, 0.3) is 0 Å². The number of aromatic hydroxyl groups is 1. The van der Waals surface area contributed by atoms with Crippen LogP contribution in [0.1, 0.15) is 21.6 Å². The SMILES string of the molecule is O=C(O)c1cc(Cc2cccc(O)c2)c[nH]1. The van der Waals surface area contributed by atoms with Crippen LogP contribution in [0.3, 0.4) is 0 Å². The molecule has 2 rings (SSSR count). The Morgan fingerprint density at radius 1 is 1.25 bits per heavy atom. The van der Waals surface area contributed by atoms with E-state index >= 15 is 0 Å². The summed E-state index contributed by atoms with van der Waals surface area (Å²) in [6.07, 6.45) is 2.26. The van der Waals surface area contributed by atoms with E-state index < -0.39 is 5.97 Å². The second-order valence-electron chi connectivity index (χ2n) is 3.57. The highest BCUT2D eigenvalue weighted by Crippen LogP contribution is 2.15. The third-order valence-corrected chi connectivity index (χ3v) is 2.29. The quantitative estimate of drug-likeness (QED) is 0.736. The fourth-order valence-corrected chi connectivity index (χ4v) is 1.57. The standard InChI is InChI=1S/C12H11NO3/c14-10-3-1-2-8(5-10)4-9-6-11(12(15)16)13-7-9/h1-3,5-7,13-14H,4H2,(H,15,16). The molecule has 0 aliphatic rings. The van der Waals surface area contributed by atoms with Gasteiger partial charge in [0.05, 0.1) is 0 Å². The van der Waals surface area contributed by atoms with Crippen LogP contribution in [0.15, 0.2) is 36.5 Å². The van der Waals surface area contributed by atoms with Crippen molar-refractivity contribution >= 4 is 5.97 Å². The van der Waals surface area contributed by atoms with Crippen molar-refractivity contribution in [2.75, 3.05) is 0 Å². The monoisotopic (exact) mass is 217 g/mol. The van der Waals surface area contributed by atoms with E-state index in [4.69, 9.17) is 5.11 Å². The minimum atomic E-state index is -0.970. The van der Waals surface area contributed by atoms with Crippen LogP contribution >= 0.6 is 0 Å². The Hall–Kier alpha value is -2.23. The summed E-state index contributed by atoms with van der Waals surface area (Å²) in [7, 11) is 0. The van der Waals surface area contributed by atoms with Crippen LogP contribution in [0.5, 0.6) is 5.75 Å². The van der Waals surface area contributed by atoms with E-state index in [2.05, 4.69) is 4.98 Å². The van der Waals surface area contributed by atoms with Gasteiger partial charge in [-0.1, -0.05) is 12.1 Å². The number of phenolic OH excluding ortho intramolecular Hbond substituents is 1. The Bertz CT molecular complexity index is 516. The zero-order chi connectivity index (χ0) is 11.5. The summed E-state index contributed by atoms with van der Waals surface area (Å²) in [6.45, 7) is 0. The highest BCUT2D eigenvalue weighted by atomic mass is 16.4. The van der Waals surface area contributed by atoms with Gasteiger partial charge in [-0.3, -0.25) is 0 Å². The number of H-pyrrole nitrogens is 1. The van der Waals surface area contributed by atoms with Crippen LogP contribution in [-0.4, -0.2) is 21.2 Å². The van der Waals surface area contributed by atoms with Crippen LogP contribution in [-0.2, 0) is 6.42 Å². The molecule has 82 valence electrons. The maximum absolute atomic E-state index is 10.6. The first-order chi connectivity index (χ1) is 7.65. The molecule has 0 aliphatic heterocycles. The van der Waals surface area contributed by atoms with Gasteiger partial charge < -0.3 is 15.2 Å². The van der Waals surface area contributed by atoms with E-state index in [9.17, 15) is 9.90 Å². The predicted molar refractivity (Wildman–Crippen MR) is 58.7 cm³/mol. The van der Waals surface area contributed by atoms with Crippen molar-refractivity contribution < 1.29 is 15.0 Å². The van der Waals surface area contributed by atoms with Crippen LogP contribution < -0.4 is 0 Å². The largest absolute Gasteiger partial charge is 0.508 e. The maximum Gasteiger partial charge on any atom is 0.352 e. The van der Waals surface area contributed by atoms with Gasteiger partial charge in [-0.2, -0.15) is 0 Å². The van der Waals surface area contributed by atoms with Gasteiger partial charge >= 0.3 is 5.97 Å². The molecule has 16 heavy (non-hydrogen) atoms. The fraction of sp³-hybridized carbons (Fsp3) is 0.0833. The highest BCUT2D eigenvalue weighted by Gasteiger charge is 2.06. The summed E-state index contributed by atoms with van der Waals surface area (Å²) >= 11 is 0. The third kappa shape index (κ3) is 2.23. The minimum Gasteiger partial charge on any atom is -0.508 e. The van der Waals surface area contributed by atoms with Gasteiger partial charge in [-0.05, 0) is 35.7 Å². The molecular formula is C12H11NO3. The van der Waals surface area contributed by atoms with Crippen molar-refractivity contribution in [3.05, 3.63) is 53.3 Å². The van der Waals surface area contributed by atoms with Crippen molar-refractivity contribution in [1.82, 2.24) is 4.98 Å². The molecule has 0 spiro atoms. The Labute approximate surface area is 92.2 Å². The van der Waals surface area contributed by atoms with Crippen molar-refractivity contribution in [3.8, 4) is 5.75 Å². The molecule has 1 aromatic heterocycles. The first-order valence-electron chi connectivity index (χ1n) is 4.83. The maximum atomic E-state index is 10.6. The minimum absolute atomic E-state index is 0.176. The number of aromatic carboxylic acids is 1. The number of hydrogen-bond acceptors (Lipinski definition) is 2. The average molecular weight is 217 g/mol. The fourth-order valence-electron chi connectivity index (χ4n) is 1.57. The van der Waals surface area contributed by atoms with Crippen LogP contribution in [0.4, 0.5) is 0 Å². The molecule has 0 saturated heterocycles. The number of carboxylic acid groups (broad SMARTS) is 1. The predicted octanol–water partition coefficient (Wildman–Crippen LogP) is 2.01. The molecule has 0 radical (unpaired) electrons. The molecule has 0 amide bonds. The van der Waals surface area contributed by atoms with Crippen LogP contribution in [0.25, 0.3) is 0 Å². The molecule has 3 N–H and O–H groups in total. The molecule has 2 aromatic rings. The normalized spacial score (nSPS) is 10.2. The lowest BCUT2D eigenvalue weighted by Crippen LogP contribution is -1.94. The molecule has 0 unspecified atom stereocenters. The van der Waals surface area contributed by atoms with Gasteiger partial charge in [0.15, 0.2) is 0 Å². The molecule has 0 fully saturated rings. The number of aromatic amines is 1. The van der Waals surface area contributed by atoms with Gasteiger partial charge in [-0.15, -0.1) is 0 Å². The molecule has 4 heteroatoms. The Morgan fingerprint density at radius 2 is 2.06 bits per heavy atom. The average Bonchev–Trinajstić information content (AvgIpc) is 2.66. The van der Waals surface area contributed by atoms with Crippen LogP contribution in [0.2, 0.25) is 0 Å². The van der Waals surface area contributed by atoms with Crippen molar-refractivity contribution in [1.29, 1.82) is 0 Å².